The Hall–Kier alpha value is -2.98. The zero-order chi connectivity index (χ0) is 32.1. The lowest BCUT2D eigenvalue weighted by atomic mass is 9.68. The molecule has 4 aromatic rings. The third kappa shape index (κ3) is 6.25. The zero-order valence-corrected chi connectivity index (χ0v) is 27.6. The maximum atomic E-state index is 13.4. The summed E-state index contributed by atoms with van der Waals surface area (Å²) < 4.78 is 27.4. The number of anilines is 1. The Morgan fingerprint density at radius 2 is 1.70 bits per heavy atom. The van der Waals surface area contributed by atoms with Crippen LogP contribution >= 0.6 is 19.4 Å². The second kappa shape index (κ2) is 11.7. The fourth-order valence-corrected chi connectivity index (χ4v) is 7.73. The molecule has 0 aliphatic carbocycles. The highest BCUT2D eigenvalue weighted by Crippen LogP contribution is 2.59. The molecule has 1 saturated heterocycles. The number of ether oxygens (including phenoxy) is 1. The minimum Gasteiger partial charge on any atom is -0.378 e. The Kier molecular flexibility index (Phi) is 8.65. The monoisotopic (exact) mass is 642 g/mol. The Morgan fingerprint density at radius 1 is 1.02 bits per heavy atom. The van der Waals surface area contributed by atoms with Gasteiger partial charge in [-0.2, -0.15) is 0 Å². The molecule has 1 aliphatic heterocycles. The van der Waals surface area contributed by atoms with Crippen molar-refractivity contribution >= 4 is 36.1 Å². The van der Waals surface area contributed by atoms with Crippen molar-refractivity contribution in [2.24, 2.45) is 10.8 Å². The Labute approximate surface area is 262 Å². The van der Waals surface area contributed by atoms with E-state index in [1.807, 2.05) is 78.1 Å². The predicted molar refractivity (Wildman–Crippen MR) is 173 cm³/mol. The van der Waals surface area contributed by atoms with Gasteiger partial charge in [0.15, 0.2) is 5.72 Å². The van der Waals surface area contributed by atoms with Crippen LogP contribution in [0.1, 0.15) is 47.1 Å². The van der Waals surface area contributed by atoms with Crippen LogP contribution in [0.4, 0.5) is 5.69 Å². The molecule has 0 spiro atoms. The fraction of sp³-hybridized carbons (Fsp3) is 0.438. The summed E-state index contributed by atoms with van der Waals surface area (Å²) >= 11 is 6.16. The van der Waals surface area contributed by atoms with Crippen molar-refractivity contribution in [2.45, 2.75) is 53.8 Å². The standard InChI is InChI=1S/C32H40ClN4O6P/c1-30(2,3)32(31(4,5)6,43-44(39,40)41)37-21-27(26-18-25(19-34-29(26)37)35-12-14-42-15-13-35)23-10-11-36(28(38)17-23)20-22-8-7-9-24(33)16-22/h7-11,16-19,21H,12-15,20H2,1-6H3,(H2,39,40,41). The van der Waals surface area contributed by atoms with Crippen LogP contribution in [-0.4, -0.2) is 50.2 Å². The third-order valence-electron chi connectivity index (χ3n) is 8.18. The molecule has 1 fully saturated rings. The van der Waals surface area contributed by atoms with E-state index in [-0.39, 0.29) is 5.56 Å². The van der Waals surface area contributed by atoms with Crippen LogP contribution in [0.3, 0.4) is 0 Å². The van der Waals surface area contributed by atoms with Crippen LogP contribution in [0.25, 0.3) is 22.2 Å². The van der Waals surface area contributed by atoms with E-state index in [0.29, 0.717) is 54.6 Å². The van der Waals surface area contributed by atoms with Crippen LogP contribution in [0.5, 0.6) is 0 Å². The number of phosphoric ester groups is 1. The lowest BCUT2D eigenvalue weighted by Crippen LogP contribution is -2.56. The van der Waals surface area contributed by atoms with E-state index in [1.165, 1.54) is 0 Å². The number of rotatable bonds is 7. The number of benzene rings is 1. The maximum Gasteiger partial charge on any atom is 0.471 e. The Bertz CT molecular complexity index is 1760. The quantitative estimate of drug-likeness (QED) is 0.227. The number of hydrogen-bond donors (Lipinski definition) is 2. The highest BCUT2D eigenvalue weighted by Gasteiger charge is 2.57. The highest BCUT2D eigenvalue weighted by molar-refractivity contribution is 7.46. The Morgan fingerprint density at radius 3 is 2.30 bits per heavy atom. The molecular formula is C32H40ClN4O6P. The summed E-state index contributed by atoms with van der Waals surface area (Å²) in [6.45, 7) is 14.3. The molecule has 12 heteroatoms. The van der Waals surface area contributed by atoms with Gasteiger partial charge in [0.1, 0.15) is 5.65 Å². The van der Waals surface area contributed by atoms with Gasteiger partial charge in [-0.25, -0.2) is 9.55 Å². The summed E-state index contributed by atoms with van der Waals surface area (Å²) in [4.78, 5) is 41.0. The van der Waals surface area contributed by atoms with Crippen LogP contribution in [0.2, 0.25) is 5.02 Å². The molecule has 1 aliphatic rings. The van der Waals surface area contributed by atoms with Crippen LogP contribution in [0.15, 0.2) is 65.8 Å². The van der Waals surface area contributed by atoms with E-state index < -0.39 is 24.4 Å². The normalized spacial score (nSPS) is 15.2. The van der Waals surface area contributed by atoms with E-state index in [0.717, 1.165) is 16.6 Å². The van der Waals surface area contributed by atoms with Gasteiger partial charge >= 0.3 is 7.82 Å². The first-order valence-electron chi connectivity index (χ1n) is 14.6. The molecule has 0 unspecified atom stereocenters. The summed E-state index contributed by atoms with van der Waals surface area (Å²) in [6, 6.07) is 12.8. The van der Waals surface area contributed by atoms with Gasteiger partial charge in [-0.1, -0.05) is 65.3 Å². The summed E-state index contributed by atoms with van der Waals surface area (Å²) in [5.74, 6) is 0. The average molecular weight is 643 g/mol. The van der Waals surface area contributed by atoms with Gasteiger partial charge in [-0.15, -0.1) is 0 Å². The molecule has 0 saturated carbocycles. The molecule has 1 aromatic carbocycles. The van der Waals surface area contributed by atoms with E-state index in [1.54, 1.807) is 33.7 Å². The number of phosphoric acid groups is 1. The van der Waals surface area contributed by atoms with Crippen molar-refractivity contribution in [3.05, 3.63) is 82.0 Å². The zero-order valence-electron chi connectivity index (χ0n) is 26.0. The second-order valence-electron chi connectivity index (χ2n) is 13.3. The molecule has 0 radical (unpaired) electrons. The van der Waals surface area contributed by atoms with Gasteiger partial charge in [0, 0.05) is 58.4 Å². The van der Waals surface area contributed by atoms with Gasteiger partial charge in [-0.3, -0.25) is 9.32 Å². The van der Waals surface area contributed by atoms with Crippen LogP contribution < -0.4 is 10.5 Å². The number of halogens is 1. The second-order valence-corrected chi connectivity index (χ2v) is 14.9. The predicted octanol–water partition coefficient (Wildman–Crippen LogP) is 6.26. The molecule has 0 bridgehead atoms. The molecule has 236 valence electrons. The molecule has 0 atom stereocenters. The fourth-order valence-electron chi connectivity index (χ4n) is 6.54. The van der Waals surface area contributed by atoms with Crippen molar-refractivity contribution in [3.8, 4) is 11.1 Å². The minimum absolute atomic E-state index is 0.204. The molecular weight excluding hydrogens is 603 g/mol. The summed E-state index contributed by atoms with van der Waals surface area (Å²) in [6.07, 6.45) is 5.32. The SMILES string of the molecule is CC(C)(C)C(OP(=O)(O)O)(n1cc(-c2ccn(Cc3cccc(Cl)c3)c(=O)c2)c2cc(N3CCOCC3)cnc21)C(C)(C)C. The first-order valence-corrected chi connectivity index (χ1v) is 16.5. The summed E-state index contributed by atoms with van der Waals surface area (Å²) in [7, 11) is -5.00. The molecule has 44 heavy (non-hydrogen) atoms. The van der Waals surface area contributed by atoms with Gasteiger partial charge < -0.3 is 28.6 Å². The maximum absolute atomic E-state index is 13.4. The first-order chi connectivity index (χ1) is 20.5. The molecule has 4 heterocycles. The molecule has 10 nitrogen and oxygen atoms in total. The Balaban J connectivity index is 1.74. The number of morpholine rings is 1. The van der Waals surface area contributed by atoms with Crippen LogP contribution in [0, 0.1) is 10.8 Å². The average Bonchev–Trinajstić information content (AvgIpc) is 3.30. The summed E-state index contributed by atoms with van der Waals surface area (Å²) in [5.41, 5.74) is 0.228. The van der Waals surface area contributed by atoms with E-state index in [2.05, 4.69) is 4.90 Å². The summed E-state index contributed by atoms with van der Waals surface area (Å²) in [5, 5.41) is 1.33. The lowest BCUT2D eigenvalue weighted by Gasteiger charge is -2.53. The number of nitrogens with zero attached hydrogens (tertiary/aromatic N) is 4. The van der Waals surface area contributed by atoms with Crippen molar-refractivity contribution in [2.75, 3.05) is 31.2 Å². The topological polar surface area (TPSA) is 119 Å². The van der Waals surface area contributed by atoms with E-state index >= 15 is 0 Å². The number of pyridine rings is 2. The van der Waals surface area contributed by atoms with Gasteiger partial charge in [-0.05, 0) is 35.4 Å². The molecule has 5 rings (SSSR count). The number of hydrogen-bond acceptors (Lipinski definition) is 6. The first kappa shape index (κ1) is 32.4. The van der Waals surface area contributed by atoms with Crippen molar-refractivity contribution < 1.29 is 23.6 Å². The molecule has 0 amide bonds. The smallest absolute Gasteiger partial charge is 0.378 e. The molecule has 3 aromatic heterocycles. The van der Waals surface area contributed by atoms with Crippen molar-refractivity contribution in [1.29, 1.82) is 0 Å². The number of aromatic nitrogens is 3. The van der Waals surface area contributed by atoms with Gasteiger partial charge in [0.25, 0.3) is 5.56 Å². The van der Waals surface area contributed by atoms with E-state index in [9.17, 15) is 19.1 Å². The molecule has 2 N–H and O–H groups in total. The largest absolute Gasteiger partial charge is 0.471 e. The van der Waals surface area contributed by atoms with E-state index in [4.69, 9.17) is 25.8 Å². The highest BCUT2D eigenvalue weighted by atomic mass is 35.5. The van der Waals surface area contributed by atoms with Gasteiger partial charge in [0.2, 0.25) is 0 Å². The van der Waals surface area contributed by atoms with Crippen LogP contribution in [-0.2, 0) is 26.1 Å². The minimum atomic E-state index is -5.00. The third-order valence-corrected chi connectivity index (χ3v) is 8.91. The van der Waals surface area contributed by atoms with Crippen molar-refractivity contribution in [1.82, 2.24) is 14.1 Å². The lowest BCUT2D eigenvalue weighted by molar-refractivity contribution is -0.188. The van der Waals surface area contributed by atoms with Gasteiger partial charge in [0.05, 0.1) is 31.6 Å². The van der Waals surface area contributed by atoms with Crippen molar-refractivity contribution in [3.63, 3.8) is 0 Å². The number of fused-ring (bicyclic) bond motifs is 1.